The van der Waals surface area contributed by atoms with Gasteiger partial charge < -0.3 is 10.1 Å². The highest BCUT2D eigenvalue weighted by Crippen LogP contribution is 2.32. The van der Waals surface area contributed by atoms with E-state index in [2.05, 4.69) is 11.4 Å². The maximum Gasteiger partial charge on any atom is 0.225 e. The van der Waals surface area contributed by atoms with E-state index in [9.17, 15) is 10.1 Å². The predicted molar refractivity (Wildman–Crippen MR) is 98.3 cm³/mol. The summed E-state index contributed by atoms with van der Waals surface area (Å²) in [7, 11) is 0. The molecule has 0 atom stereocenters. The number of aryl methyl sites for hydroxylation is 1. The number of ether oxygens (including phenoxy) is 1. The molecule has 7 heteroatoms. The first-order valence-electron chi connectivity index (χ1n) is 7.30. The number of thiophene rings is 1. The Morgan fingerprint density at radius 2 is 2.12 bits per heavy atom. The lowest BCUT2D eigenvalue weighted by atomic mass is 10.2. The summed E-state index contributed by atoms with van der Waals surface area (Å²) in [6, 6.07) is 7.13. The van der Waals surface area contributed by atoms with Crippen LogP contribution in [-0.2, 0) is 4.79 Å². The lowest BCUT2D eigenvalue weighted by molar-refractivity contribution is -0.116. The van der Waals surface area contributed by atoms with Crippen LogP contribution in [0.15, 0.2) is 18.2 Å². The van der Waals surface area contributed by atoms with Crippen molar-refractivity contribution in [1.82, 2.24) is 0 Å². The van der Waals surface area contributed by atoms with E-state index in [1.165, 1.54) is 11.3 Å². The Morgan fingerprint density at radius 1 is 1.38 bits per heavy atom. The van der Waals surface area contributed by atoms with Gasteiger partial charge in [0.1, 0.15) is 16.8 Å². The van der Waals surface area contributed by atoms with Gasteiger partial charge in [-0.25, -0.2) is 0 Å². The van der Waals surface area contributed by atoms with Crippen molar-refractivity contribution in [3.8, 4) is 11.8 Å². The third-order valence-corrected chi connectivity index (χ3v) is 5.10. The first-order valence-corrected chi connectivity index (χ1v) is 8.87. The number of hydrogen-bond acceptors (Lipinski definition) is 4. The summed E-state index contributed by atoms with van der Waals surface area (Å²) in [6.07, 6.45) is 0.835. The van der Waals surface area contributed by atoms with E-state index in [0.29, 0.717) is 45.8 Å². The number of halogens is 2. The number of amides is 1. The van der Waals surface area contributed by atoms with Crippen molar-refractivity contribution in [3.63, 3.8) is 0 Å². The third-order valence-electron chi connectivity index (χ3n) is 3.45. The fraction of sp³-hybridized carbons (Fsp3) is 0.294. The van der Waals surface area contributed by atoms with Gasteiger partial charge in [0, 0.05) is 16.3 Å². The molecule has 2 aromatic rings. The van der Waals surface area contributed by atoms with Crippen LogP contribution in [0, 0.1) is 25.2 Å². The molecule has 1 amide bonds. The van der Waals surface area contributed by atoms with Crippen molar-refractivity contribution in [3.05, 3.63) is 44.2 Å². The minimum atomic E-state index is -0.140. The summed E-state index contributed by atoms with van der Waals surface area (Å²) in [5.41, 5.74) is 1.45. The minimum absolute atomic E-state index is 0.140. The van der Waals surface area contributed by atoms with Gasteiger partial charge in [-0.15, -0.1) is 11.3 Å². The zero-order valence-corrected chi connectivity index (χ0v) is 15.6. The van der Waals surface area contributed by atoms with Gasteiger partial charge in [-0.05, 0) is 44.0 Å². The summed E-state index contributed by atoms with van der Waals surface area (Å²) < 4.78 is 5.54. The molecule has 2 rings (SSSR count). The number of nitrogens with zero attached hydrogens (tertiary/aromatic N) is 1. The minimum Gasteiger partial charge on any atom is -0.492 e. The van der Waals surface area contributed by atoms with Crippen LogP contribution in [0.5, 0.6) is 5.75 Å². The number of carbonyl (C=O) groups is 1. The Bertz CT molecular complexity index is 797. The molecule has 0 aliphatic heterocycles. The summed E-state index contributed by atoms with van der Waals surface area (Å²) in [5.74, 6) is 0.399. The standard InChI is InChI=1S/C17H16Cl2N2O2S/c1-10-11(2)24-17(13(10)9-20)21-16(22)4-3-7-23-15-6-5-12(18)8-14(15)19/h5-6,8H,3-4,7H2,1-2H3,(H,21,22). The van der Waals surface area contributed by atoms with Crippen molar-refractivity contribution in [2.24, 2.45) is 0 Å². The molecule has 1 aromatic heterocycles. The number of anilines is 1. The first kappa shape index (κ1) is 18.6. The largest absolute Gasteiger partial charge is 0.492 e. The molecular weight excluding hydrogens is 367 g/mol. The number of hydrogen-bond donors (Lipinski definition) is 1. The zero-order valence-electron chi connectivity index (χ0n) is 13.3. The van der Waals surface area contributed by atoms with Gasteiger partial charge in [-0.1, -0.05) is 23.2 Å². The monoisotopic (exact) mass is 382 g/mol. The SMILES string of the molecule is Cc1sc(NC(=O)CCCOc2ccc(Cl)cc2Cl)c(C#N)c1C. The molecule has 1 heterocycles. The third kappa shape index (κ3) is 4.64. The predicted octanol–water partition coefficient (Wildman–Crippen LogP) is 5.34. The number of nitrogens with one attached hydrogen (secondary N) is 1. The molecule has 0 spiro atoms. The van der Waals surface area contributed by atoms with Gasteiger partial charge in [0.15, 0.2) is 0 Å². The second-order valence-corrected chi connectivity index (χ2v) is 7.24. The van der Waals surface area contributed by atoms with Crippen LogP contribution in [0.25, 0.3) is 0 Å². The maximum atomic E-state index is 12.0. The van der Waals surface area contributed by atoms with Crippen LogP contribution in [0.2, 0.25) is 10.0 Å². The fourth-order valence-electron chi connectivity index (χ4n) is 2.05. The maximum absolute atomic E-state index is 12.0. The highest BCUT2D eigenvalue weighted by atomic mass is 35.5. The normalized spacial score (nSPS) is 10.3. The van der Waals surface area contributed by atoms with Gasteiger partial charge in [0.2, 0.25) is 5.91 Å². The van der Waals surface area contributed by atoms with Crippen molar-refractivity contribution < 1.29 is 9.53 Å². The van der Waals surface area contributed by atoms with Crippen LogP contribution in [0.1, 0.15) is 28.8 Å². The lowest BCUT2D eigenvalue weighted by Gasteiger charge is -2.08. The smallest absolute Gasteiger partial charge is 0.225 e. The van der Waals surface area contributed by atoms with Crippen LogP contribution in [-0.4, -0.2) is 12.5 Å². The molecule has 0 aliphatic rings. The molecule has 0 radical (unpaired) electrons. The van der Waals surface area contributed by atoms with E-state index >= 15 is 0 Å². The number of nitriles is 1. The van der Waals surface area contributed by atoms with E-state index in [1.54, 1.807) is 18.2 Å². The average Bonchev–Trinajstić information content (AvgIpc) is 2.79. The van der Waals surface area contributed by atoms with Crippen molar-refractivity contribution in [1.29, 1.82) is 5.26 Å². The van der Waals surface area contributed by atoms with Crippen molar-refractivity contribution >= 4 is 45.4 Å². The highest BCUT2D eigenvalue weighted by Gasteiger charge is 2.14. The molecule has 126 valence electrons. The number of carbonyl (C=O) groups excluding carboxylic acids is 1. The Labute approximate surface area is 155 Å². The summed E-state index contributed by atoms with van der Waals surface area (Å²) in [5, 5.41) is 13.6. The van der Waals surface area contributed by atoms with E-state index in [0.717, 1.165) is 10.4 Å². The summed E-state index contributed by atoms with van der Waals surface area (Å²) in [4.78, 5) is 13.0. The molecule has 4 nitrogen and oxygen atoms in total. The lowest BCUT2D eigenvalue weighted by Crippen LogP contribution is -2.12. The van der Waals surface area contributed by atoms with Crippen molar-refractivity contribution in [2.75, 3.05) is 11.9 Å². The van der Waals surface area contributed by atoms with Gasteiger partial charge in [0.25, 0.3) is 0 Å². The van der Waals surface area contributed by atoms with Crippen LogP contribution >= 0.6 is 34.5 Å². The molecule has 0 saturated heterocycles. The molecule has 1 N–H and O–H groups in total. The Morgan fingerprint density at radius 3 is 2.79 bits per heavy atom. The number of benzene rings is 1. The highest BCUT2D eigenvalue weighted by molar-refractivity contribution is 7.16. The molecule has 0 bridgehead atoms. The topological polar surface area (TPSA) is 62.1 Å². The van der Waals surface area contributed by atoms with Gasteiger partial charge >= 0.3 is 0 Å². The van der Waals surface area contributed by atoms with E-state index in [4.69, 9.17) is 27.9 Å². The fourth-order valence-corrected chi connectivity index (χ4v) is 3.54. The number of rotatable bonds is 6. The Hall–Kier alpha value is -1.74. The second kappa shape index (κ2) is 8.39. The second-order valence-electron chi connectivity index (χ2n) is 5.17. The van der Waals surface area contributed by atoms with Gasteiger partial charge in [0.05, 0.1) is 17.2 Å². The molecule has 0 saturated carbocycles. The molecule has 0 aliphatic carbocycles. The summed E-state index contributed by atoms with van der Waals surface area (Å²) >= 11 is 13.2. The van der Waals surface area contributed by atoms with Gasteiger partial charge in [-0.3, -0.25) is 4.79 Å². The van der Waals surface area contributed by atoms with E-state index < -0.39 is 0 Å². The Balaban J connectivity index is 1.82. The Kier molecular flexibility index (Phi) is 6.50. The average molecular weight is 383 g/mol. The van der Waals surface area contributed by atoms with Crippen LogP contribution in [0.4, 0.5) is 5.00 Å². The first-order chi connectivity index (χ1) is 11.4. The van der Waals surface area contributed by atoms with Crippen LogP contribution < -0.4 is 10.1 Å². The molecule has 0 fully saturated rings. The quantitative estimate of drug-likeness (QED) is 0.685. The summed E-state index contributed by atoms with van der Waals surface area (Å²) in [6.45, 7) is 4.17. The molecule has 24 heavy (non-hydrogen) atoms. The van der Waals surface area contributed by atoms with E-state index in [1.807, 2.05) is 13.8 Å². The molecule has 1 aromatic carbocycles. The zero-order chi connectivity index (χ0) is 17.7. The van der Waals surface area contributed by atoms with E-state index in [-0.39, 0.29) is 5.91 Å². The van der Waals surface area contributed by atoms with Crippen molar-refractivity contribution in [2.45, 2.75) is 26.7 Å². The van der Waals surface area contributed by atoms with Crippen LogP contribution in [0.3, 0.4) is 0 Å². The van der Waals surface area contributed by atoms with Gasteiger partial charge in [-0.2, -0.15) is 5.26 Å². The molecular formula is C17H16Cl2N2O2S. The molecule has 0 unspecified atom stereocenters.